The van der Waals surface area contributed by atoms with Gasteiger partial charge in [0.1, 0.15) is 0 Å². The Labute approximate surface area is 84.0 Å². The molecule has 1 unspecified atom stereocenters. The van der Waals surface area contributed by atoms with Crippen molar-refractivity contribution >= 4 is 0 Å². The standard InChI is InChI=1S/C11H13N3/c12-8-11-2-1-7-14(11)9-10-3-5-13-6-4-10/h3-6,11H,1-2,7,9H2. The average Bonchev–Trinajstić information content (AvgIpc) is 2.67. The van der Waals surface area contributed by atoms with Gasteiger partial charge in [-0.15, -0.1) is 0 Å². The van der Waals surface area contributed by atoms with Crippen LogP contribution in [0.4, 0.5) is 0 Å². The van der Waals surface area contributed by atoms with Crippen molar-refractivity contribution in [3.63, 3.8) is 0 Å². The van der Waals surface area contributed by atoms with Gasteiger partial charge in [-0.3, -0.25) is 9.88 Å². The number of likely N-dealkylation sites (tertiary alicyclic amines) is 1. The lowest BCUT2D eigenvalue weighted by molar-refractivity contribution is 0.286. The summed E-state index contributed by atoms with van der Waals surface area (Å²) < 4.78 is 0. The third-order valence-electron chi connectivity index (χ3n) is 2.65. The average molecular weight is 187 g/mol. The number of aromatic nitrogens is 1. The fourth-order valence-electron chi connectivity index (χ4n) is 1.88. The second-order valence-electron chi connectivity index (χ2n) is 3.61. The lowest BCUT2D eigenvalue weighted by Crippen LogP contribution is -2.27. The van der Waals surface area contributed by atoms with E-state index < -0.39 is 0 Å². The van der Waals surface area contributed by atoms with Gasteiger partial charge in [-0.25, -0.2) is 0 Å². The molecule has 0 spiro atoms. The molecule has 0 aliphatic carbocycles. The topological polar surface area (TPSA) is 39.9 Å². The van der Waals surface area contributed by atoms with E-state index in [2.05, 4.69) is 16.0 Å². The fraction of sp³-hybridized carbons (Fsp3) is 0.455. The number of rotatable bonds is 2. The smallest absolute Gasteiger partial charge is 0.0981 e. The highest BCUT2D eigenvalue weighted by molar-refractivity contribution is 5.11. The molecule has 1 atom stereocenters. The van der Waals surface area contributed by atoms with E-state index in [1.807, 2.05) is 12.1 Å². The van der Waals surface area contributed by atoms with E-state index in [-0.39, 0.29) is 6.04 Å². The van der Waals surface area contributed by atoms with E-state index in [9.17, 15) is 0 Å². The van der Waals surface area contributed by atoms with E-state index in [0.717, 1.165) is 25.9 Å². The Morgan fingerprint density at radius 2 is 2.29 bits per heavy atom. The molecule has 0 N–H and O–H groups in total. The van der Waals surface area contributed by atoms with E-state index >= 15 is 0 Å². The molecule has 0 aromatic carbocycles. The SMILES string of the molecule is N#CC1CCCN1Cc1ccncc1. The molecule has 1 aliphatic rings. The lowest BCUT2D eigenvalue weighted by atomic mass is 10.2. The van der Waals surface area contributed by atoms with Gasteiger partial charge in [0.2, 0.25) is 0 Å². The first-order chi connectivity index (χ1) is 6.90. The second-order valence-corrected chi connectivity index (χ2v) is 3.61. The Hall–Kier alpha value is -1.40. The van der Waals surface area contributed by atoms with Gasteiger partial charge in [0.25, 0.3) is 0 Å². The van der Waals surface area contributed by atoms with Gasteiger partial charge in [-0.1, -0.05) is 0 Å². The zero-order valence-electron chi connectivity index (χ0n) is 8.06. The number of hydrogen-bond donors (Lipinski definition) is 0. The first kappa shape index (κ1) is 9.17. The predicted octanol–water partition coefficient (Wildman–Crippen LogP) is 1.57. The Bertz CT molecular complexity index is 328. The summed E-state index contributed by atoms with van der Waals surface area (Å²) in [4.78, 5) is 6.21. The second kappa shape index (κ2) is 4.21. The molecular weight excluding hydrogens is 174 g/mol. The number of hydrogen-bond acceptors (Lipinski definition) is 3. The first-order valence-corrected chi connectivity index (χ1v) is 4.93. The minimum absolute atomic E-state index is 0.114. The lowest BCUT2D eigenvalue weighted by Gasteiger charge is -2.18. The predicted molar refractivity (Wildman–Crippen MR) is 53.3 cm³/mol. The van der Waals surface area contributed by atoms with Gasteiger partial charge in [0.15, 0.2) is 0 Å². The minimum Gasteiger partial charge on any atom is -0.284 e. The van der Waals surface area contributed by atoms with Crippen molar-refractivity contribution in [1.82, 2.24) is 9.88 Å². The summed E-state index contributed by atoms with van der Waals surface area (Å²) >= 11 is 0. The van der Waals surface area contributed by atoms with Gasteiger partial charge >= 0.3 is 0 Å². The molecule has 14 heavy (non-hydrogen) atoms. The molecule has 72 valence electrons. The highest BCUT2D eigenvalue weighted by Crippen LogP contribution is 2.18. The van der Waals surface area contributed by atoms with Gasteiger partial charge in [0, 0.05) is 18.9 Å². The maximum Gasteiger partial charge on any atom is 0.0981 e. The maximum atomic E-state index is 8.91. The molecule has 1 aromatic rings. The fourth-order valence-corrected chi connectivity index (χ4v) is 1.88. The van der Waals surface area contributed by atoms with Gasteiger partial charge in [-0.2, -0.15) is 5.26 Å². The van der Waals surface area contributed by atoms with Crippen LogP contribution in [-0.4, -0.2) is 22.5 Å². The monoisotopic (exact) mass is 187 g/mol. The number of nitriles is 1. The third-order valence-corrected chi connectivity index (χ3v) is 2.65. The van der Waals surface area contributed by atoms with E-state index in [1.165, 1.54) is 5.56 Å². The summed E-state index contributed by atoms with van der Waals surface area (Å²) in [5.74, 6) is 0. The molecule has 2 rings (SSSR count). The van der Waals surface area contributed by atoms with Gasteiger partial charge in [0.05, 0.1) is 12.1 Å². The van der Waals surface area contributed by atoms with Crippen LogP contribution in [0.3, 0.4) is 0 Å². The molecule has 1 saturated heterocycles. The Balaban J connectivity index is 2.01. The molecule has 0 saturated carbocycles. The van der Waals surface area contributed by atoms with Crippen molar-refractivity contribution in [3.8, 4) is 6.07 Å². The third kappa shape index (κ3) is 1.91. The molecule has 0 bridgehead atoms. The van der Waals surface area contributed by atoms with Gasteiger partial charge < -0.3 is 0 Å². The first-order valence-electron chi connectivity index (χ1n) is 4.93. The molecule has 0 radical (unpaired) electrons. The molecular formula is C11H13N3. The largest absolute Gasteiger partial charge is 0.284 e. The summed E-state index contributed by atoms with van der Waals surface area (Å²) in [6.07, 6.45) is 5.75. The van der Waals surface area contributed by atoms with E-state index in [0.29, 0.717) is 0 Å². The minimum atomic E-state index is 0.114. The van der Waals surface area contributed by atoms with Crippen molar-refractivity contribution in [3.05, 3.63) is 30.1 Å². The van der Waals surface area contributed by atoms with Crippen molar-refractivity contribution in [2.45, 2.75) is 25.4 Å². The summed E-state index contributed by atoms with van der Waals surface area (Å²) in [5.41, 5.74) is 1.24. The van der Waals surface area contributed by atoms with Crippen LogP contribution in [0.25, 0.3) is 0 Å². The molecule has 3 heteroatoms. The highest BCUT2D eigenvalue weighted by Gasteiger charge is 2.23. The molecule has 1 fully saturated rings. The molecule has 3 nitrogen and oxygen atoms in total. The summed E-state index contributed by atoms with van der Waals surface area (Å²) in [5, 5.41) is 8.91. The van der Waals surface area contributed by atoms with Crippen LogP contribution in [-0.2, 0) is 6.54 Å². The zero-order chi connectivity index (χ0) is 9.80. The van der Waals surface area contributed by atoms with Crippen LogP contribution in [0, 0.1) is 11.3 Å². The van der Waals surface area contributed by atoms with Crippen LogP contribution >= 0.6 is 0 Å². The Morgan fingerprint density at radius 3 is 3.00 bits per heavy atom. The van der Waals surface area contributed by atoms with Crippen LogP contribution in [0.1, 0.15) is 18.4 Å². The number of pyridine rings is 1. The molecule has 0 amide bonds. The van der Waals surface area contributed by atoms with Crippen molar-refractivity contribution in [2.24, 2.45) is 0 Å². The molecule has 1 aromatic heterocycles. The van der Waals surface area contributed by atoms with Crippen LogP contribution in [0.2, 0.25) is 0 Å². The summed E-state index contributed by atoms with van der Waals surface area (Å²) in [6, 6.07) is 6.47. The van der Waals surface area contributed by atoms with E-state index in [4.69, 9.17) is 5.26 Å². The van der Waals surface area contributed by atoms with Crippen LogP contribution in [0.15, 0.2) is 24.5 Å². The summed E-state index contributed by atoms with van der Waals surface area (Å²) in [7, 11) is 0. The van der Waals surface area contributed by atoms with Gasteiger partial charge in [-0.05, 0) is 37.1 Å². The van der Waals surface area contributed by atoms with Crippen molar-refractivity contribution in [1.29, 1.82) is 5.26 Å². The normalized spacial score (nSPS) is 22.1. The Morgan fingerprint density at radius 1 is 1.50 bits per heavy atom. The number of nitrogens with zero attached hydrogens (tertiary/aromatic N) is 3. The van der Waals surface area contributed by atoms with Crippen LogP contribution in [0.5, 0.6) is 0 Å². The van der Waals surface area contributed by atoms with Crippen molar-refractivity contribution < 1.29 is 0 Å². The Kier molecular flexibility index (Phi) is 2.76. The van der Waals surface area contributed by atoms with E-state index in [1.54, 1.807) is 12.4 Å². The quantitative estimate of drug-likeness (QED) is 0.705. The molecule has 2 heterocycles. The zero-order valence-corrected chi connectivity index (χ0v) is 8.06. The van der Waals surface area contributed by atoms with Crippen LogP contribution < -0.4 is 0 Å². The maximum absolute atomic E-state index is 8.91. The summed E-state index contributed by atoms with van der Waals surface area (Å²) in [6.45, 7) is 1.92. The molecule has 1 aliphatic heterocycles. The van der Waals surface area contributed by atoms with Crippen molar-refractivity contribution in [2.75, 3.05) is 6.54 Å². The highest BCUT2D eigenvalue weighted by atomic mass is 15.2.